The van der Waals surface area contributed by atoms with Gasteiger partial charge in [-0.25, -0.2) is 4.79 Å². The highest BCUT2D eigenvalue weighted by Gasteiger charge is 2.89. The van der Waals surface area contributed by atoms with Crippen LogP contribution in [0.15, 0.2) is 65.8 Å². The molecule has 2 aromatic rings. The molecule has 72 heavy (non-hydrogen) atoms. The largest absolute Gasteiger partial charge is 0.449 e. The Morgan fingerprint density at radius 2 is 0.944 bits per heavy atom. The van der Waals surface area contributed by atoms with Crippen LogP contribution in [0.25, 0.3) is 5.76 Å². The number of carbonyl (C=O) groups is 4. The van der Waals surface area contributed by atoms with Crippen LogP contribution in [0.3, 0.4) is 0 Å². The van der Waals surface area contributed by atoms with Crippen LogP contribution in [0.4, 0.5) is 0 Å². The SMILES string of the molecule is CCCCCCCCCCCCCCCC(=O)Oc1ccc(C2=CC3(C(=O)O2)C2(CCCCC2)C2C(=C4CCCCC4)C(=O)OC23c2ccc(OC(=O)CCCCCCCCCCCCCCC)cc2)cc1. The van der Waals surface area contributed by atoms with Gasteiger partial charge < -0.3 is 18.9 Å². The van der Waals surface area contributed by atoms with Crippen molar-refractivity contribution < 1.29 is 38.1 Å². The molecule has 0 N–H and O–H groups in total. The fraction of sp³-hybridized carbons (Fsp3) is 0.688. The second-order valence-electron chi connectivity index (χ2n) is 22.5. The number of fused-ring (bicyclic) bond motifs is 4. The molecular formula is C64H92O8. The fourth-order valence-electron chi connectivity index (χ4n) is 13.6. The number of cyclic esters (lactones) is 1. The zero-order valence-electron chi connectivity index (χ0n) is 44.9. The molecule has 8 nitrogen and oxygen atoms in total. The molecule has 0 radical (unpaired) electrons. The van der Waals surface area contributed by atoms with Crippen molar-refractivity contribution >= 4 is 29.6 Å². The Balaban J connectivity index is 0.980. The highest BCUT2D eigenvalue weighted by molar-refractivity contribution is 6.02. The van der Waals surface area contributed by atoms with Gasteiger partial charge in [0.25, 0.3) is 0 Å². The Labute approximate surface area is 434 Å². The first kappa shape index (κ1) is 55.5. The summed E-state index contributed by atoms with van der Waals surface area (Å²) in [5, 5.41) is 0. The Morgan fingerprint density at radius 3 is 1.40 bits per heavy atom. The van der Waals surface area contributed by atoms with Crippen LogP contribution in [0.2, 0.25) is 0 Å². The van der Waals surface area contributed by atoms with Crippen LogP contribution >= 0.6 is 0 Å². The first-order chi connectivity index (χ1) is 35.3. The molecule has 0 amide bonds. The van der Waals surface area contributed by atoms with Gasteiger partial charge in [-0.3, -0.25) is 14.4 Å². The first-order valence-corrected chi connectivity index (χ1v) is 29.8. The second kappa shape index (κ2) is 28.5. The van der Waals surface area contributed by atoms with Crippen molar-refractivity contribution in [3.63, 3.8) is 0 Å². The van der Waals surface area contributed by atoms with E-state index in [1.807, 2.05) is 30.3 Å². The van der Waals surface area contributed by atoms with Crippen molar-refractivity contribution in [2.24, 2.45) is 16.7 Å². The van der Waals surface area contributed by atoms with Crippen LogP contribution < -0.4 is 9.47 Å². The van der Waals surface area contributed by atoms with Gasteiger partial charge in [-0.15, -0.1) is 0 Å². The van der Waals surface area contributed by atoms with Gasteiger partial charge in [0, 0.05) is 35.3 Å². The van der Waals surface area contributed by atoms with E-state index in [1.54, 1.807) is 24.3 Å². The van der Waals surface area contributed by atoms with Crippen molar-refractivity contribution in [1.82, 2.24) is 0 Å². The minimum Gasteiger partial charge on any atom is -0.449 e. The lowest BCUT2D eigenvalue weighted by Crippen LogP contribution is -2.75. The number of benzene rings is 2. The van der Waals surface area contributed by atoms with Crippen LogP contribution in [-0.2, 0) is 34.3 Å². The third kappa shape index (κ3) is 13.4. The predicted octanol–water partition coefficient (Wildman–Crippen LogP) is 17.6. The van der Waals surface area contributed by atoms with E-state index in [2.05, 4.69) is 13.8 Å². The van der Waals surface area contributed by atoms with Crippen LogP contribution in [0.1, 0.15) is 269 Å². The third-order valence-corrected chi connectivity index (χ3v) is 17.4. The average molecular weight is 989 g/mol. The number of carbonyl (C=O) groups excluding carboxylic acids is 4. The number of hydrogen-bond donors (Lipinski definition) is 0. The molecule has 3 aliphatic carbocycles. The van der Waals surface area contributed by atoms with Crippen molar-refractivity contribution in [2.75, 3.05) is 0 Å². The van der Waals surface area contributed by atoms with E-state index >= 15 is 4.79 Å². The Bertz CT molecular complexity index is 2080. The minimum atomic E-state index is -1.32. The third-order valence-electron chi connectivity index (χ3n) is 17.4. The molecule has 2 spiro atoms. The summed E-state index contributed by atoms with van der Waals surface area (Å²) in [6.45, 7) is 4.53. The zero-order valence-corrected chi connectivity index (χ0v) is 44.9. The summed E-state index contributed by atoms with van der Waals surface area (Å²) in [5.74, 6) is -0.164. The molecule has 1 saturated heterocycles. The van der Waals surface area contributed by atoms with Crippen LogP contribution in [0, 0.1) is 16.7 Å². The minimum absolute atomic E-state index is 0.237. The van der Waals surface area contributed by atoms with Gasteiger partial charge in [-0.05, 0) is 99.4 Å². The van der Waals surface area contributed by atoms with Crippen LogP contribution in [-0.4, -0.2) is 23.9 Å². The number of rotatable bonds is 32. The fourth-order valence-corrected chi connectivity index (χ4v) is 13.6. The van der Waals surface area contributed by atoms with E-state index in [0.717, 1.165) is 114 Å². The number of esters is 4. The quantitative estimate of drug-likeness (QED) is 0.0309. The van der Waals surface area contributed by atoms with Gasteiger partial charge in [-0.1, -0.05) is 211 Å². The van der Waals surface area contributed by atoms with Gasteiger partial charge in [0.1, 0.15) is 22.7 Å². The van der Waals surface area contributed by atoms with E-state index in [1.165, 1.54) is 134 Å². The number of unbranched alkanes of at least 4 members (excludes halogenated alkanes) is 24. The summed E-state index contributed by atoms with van der Waals surface area (Å²) in [6.07, 6.45) is 44.8. The lowest BCUT2D eigenvalue weighted by Gasteiger charge is -2.69. The molecule has 2 heterocycles. The van der Waals surface area contributed by atoms with E-state index < -0.39 is 16.4 Å². The molecule has 3 unspecified atom stereocenters. The number of hydrogen-bond acceptors (Lipinski definition) is 8. The molecule has 3 saturated carbocycles. The average Bonchev–Trinajstić information content (AvgIpc) is 3.92. The summed E-state index contributed by atoms with van der Waals surface area (Å²) >= 11 is 0. The summed E-state index contributed by atoms with van der Waals surface area (Å²) in [5.41, 5.74) is 0.236. The molecule has 4 fully saturated rings. The zero-order chi connectivity index (χ0) is 50.5. The summed E-state index contributed by atoms with van der Waals surface area (Å²) in [6, 6.07) is 14.6. The van der Waals surface area contributed by atoms with Crippen molar-refractivity contribution in [1.29, 1.82) is 0 Å². The van der Waals surface area contributed by atoms with Crippen molar-refractivity contribution in [2.45, 2.75) is 263 Å². The first-order valence-electron chi connectivity index (χ1n) is 29.8. The molecule has 5 aliphatic rings. The molecule has 0 aromatic heterocycles. The molecule has 2 aliphatic heterocycles. The van der Waals surface area contributed by atoms with E-state index in [4.69, 9.17) is 18.9 Å². The molecular weight excluding hydrogens is 897 g/mol. The number of ether oxygens (including phenoxy) is 4. The maximum absolute atomic E-state index is 15.1. The van der Waals surface area contributed by atoms with Crippen molar-refractivity contribution in [3.05, 3.63) is 76.9 Å². The predicted molar refractivity (Wildman–Crippen MR) is 288 cm³/mol. The highest BCUT2D eigenvalue weighted by atomic mass is 16.6. The molecule has 8 heteroatoms. The van der Waals surface area contributed by atoms with Crippen LogP contribution in [0.5, 0.6) is 11.5 Å². The van der Waals surface area contributed by atoms with E-state index in [0.29, 0.717) is 35.7 Å². The standard InChI is InChI=1S/C64H92O8/c1-3-5-7-9-11-13-15-17-19-21-23-25-31-37-56(65)69-53-43-39-50(40-44-53)55-49-63(61(68)71-55)62(47-33-28-34-48-62)59-58(51-35-29-27-30-36-51)60(67)72-64(59,63)52-41-45-54(46-42-52)70-57(66)38-32-26-24-22-20-18-16-14-12-10-8-6-4-2/h39-46,49,59H,3-38,47-48H2,1-2H3. The van der Waals surface area contributed by atoms with Gasteiger partial charge in [-0.2, -0.15) is 0 Å². The van der Waals surface area contributed by atoms with Gasteiger partial charge in [0.2, 0.25) is 0 Å². The summed E-state index contributed by atoms with van der Waals surface area (Å²) < 4.78 is 24.8. The van der Waals surface area contributed by atoms with Gasteiger partial charge in [0.05, 0.1) is 0 Å². The normalized spacial score (nSPS) is 22.1. The lowest BCUT2D eigenvalue weighted by molar-refractivity contribution is -0.278. The topological polar surface area (TPSA) is 105 Å². The highest BCUT2D eigenvalue weighted by Crippen LogP contribution is 2.83. The number of allylic oxidation sites excluding steroid dienone is 1. The maximum atomic E-state index is 15.1. The van der Waals surface area contributed by atoms with Gasteiger partial charge in [0.15, 0.2) is 5.60 Å². The Kier molecular flexibility index (Phi) is 22.0. The smallest absolute Gasteiger partial charge is 0.335 e. The van der Waals surface area contributed by atoms with E-state index in [9.17, 15) is 14.4 Å². The molecule has 396 valence electrons. The van der Waals surface area contributed by atoms with E-state index in [-0.39, 0.29) is 29.8 Å². The second-order valence-corrected chi connectivity index (χ2v) is 22.5. The Hall–Kier alpha value is -4.20. The molecule has 2 aromatic carbocycles. The van der Waals surface area contributed by atoms with Crippen molar-refractivity contribution in [3.8, 4) is 11.5 Å². The Morgan fingerprint density at radius 1 is 0.528 bits per heavy atom. The summed E-state index contributed by atoms with van der Waals surface area (Å²) in [4.78, 5) is 55.6. The summed E-state index contributed by atoms with van der Waals surface area (Å²) in [7, 11) is 0. The molecule has 0 bridgehead atoms. The maximum Gasteiger partial charge on any atom is 0.335 e. The molecule has 3 atom stereocenters. The lowest BCUT2D eigenvalue weighted by atomic mass is 9.31. The monoisotopic (exact) mass is 989 g/mol. The molecule has 7 rings (SSSR count). The van der Waals surface area contributed by atoms with Gasteiger partial charge >= 0.3 is 23.9 Å².